The van der Waals surface area contributed by atoms with Gasteiger partial charge in [-0.15, -0.1) is 0 Å². The molecule has 148 valence electrons. The molecule has 2 aromatic rings. The Hall–Kier alpha value is -3.20. The normalized spacial score (nSPS) is 10.2. The molecule has 0 unspecified atom stereocenters. The van der Waals surface area contributed by atoms with E-state index < -0.39 is 4.92 Å². The quantitative estimate of drug-likeness (QED) is 0.369. The fourth-order valence-electron chi connectivity index (χ4n) is 2.13. The lowest BCUT2D eigenvalue weighted by molar-refractivity contribution is -0.384. The van der Waals surface area contributed by atoms with E-state index in [0.717, 1.165) is 6.42 Å². The summed E-state index contributed by atoms with van der Waals surface area (Å²) in [6, 6.07) is 12.6. The smallest absolute Gasteiger partial charge is 0.269 e. The summed E-state index contributed by atoms with van der Waals surface area (Å²) in [5.41, 5.74) is 6.05. The predicted molar refractivity (Wildman–Crippen MR) is 111 cm³/mol. The first kappa shape index (κ1) is 21.1. The van der Waals surface area contributed by atoms with Gasteiger partial charge < -0.3 is 10.1 Å². The number of carbonyl (C=O) groups is 1. The number of anilines is 1. The molecule has 0 spiro atoms. The average Bonchev–Trinajstić information content (AvgIpc) is 2.67. The largest absolute Gasteiger partial charge is 0.494 e. The van der Waals surface area contributed by atoms with Crippen molar-refractivity contribution >= 4 is 34.6 Å². The first-order valence-electron chi connectivity index (χ1n) is 8.70. The number of amides is 1. The number of rotatable bonds is 7. The lowest BCUT2D eigenvalue weighted by atomic mass is 10.1. The van der Waals surface area contributed by atoms with Crippen molar-refractivity contribution in [2.24, 2.45) is 5.92 Å². The van der Waals surface area contributed by atoms with Gasteiger partial charge in [0, 0.05) is 23.4 Å². The maximum atomic E-state index is 12.2. The topological polar surface area (TPSA) is 106 Å². The number of carbonyl (C=O) groups excluding carboxylic acids is 1. The second-order valence-corrected chi connectivity index (χ2v) is 6.80. The van der Waals surface area contributed by atoms with Crippen LogP contribution in [0.4, 0.5) is 11.4 Å². The monoisotopic (exact) mass is 402 g/mol. The third-order valence-electron chi connectivity index (χ3n) is 3.71. The molecule has 0 saturated heterocycles. The maximum absolute atomic E-state index is 12.2. The van der Waals surface area contributed by atoms with E-state index in [-0.39, 0.29) is 16.7 Å². The molecule has 0 bridgehead atoms. The van der Waals surface area contributed by atoms with Gasteiger partial charge in [-0.3, -0.25) is 25.8 Å². The number of hydrogen-bond acceptors (Lipinski definition) is 5. The molecule has 2 rings (SSSR count). The molecule has 9 heteroatoms. The third kappa shape index (κ3) is 6.84. The molecule has 2 aromatic carbocycles. The average molecular weight is 402 g/mol. The molecular weight excluding hydrogens is 380 g/mol. The molecule has 0 aliphatic carbocycles. The highest BCUT2D eigenvalue weighted by Crippen LogP contribution is 2.15. The highest BCUT2D eigenvalue weighted by Gasteiger charge is 2.08. The van der Waals surface area contributed by atoms with E-state index in [2.05, 4.69) is 30.0 Å². The third-order valence-corrected chi connectivity index (χ3v) is 3.91. The van der Waals surface area contributed by atoms with Crippen LogP contribution in [0.2, 0.25) is 0 Å². The van der Waals surface area contributed by atoms with E-state index in [9.17, 15) is 14.9 Å². The minimum Gasteiger partial charge on any atom is -0.494 e. The number of thiocarbonyl (C=S) groups is 1. The SMILES string of the molecule is CC(C)CCOc1ccc(C(=O)NNC(=S)Nc2ccc([N+](=O)[O-])cc2)cc1. The lowest BCUT2D eigenvalue weighted by Crippen LogP contribution is -2.43. The molecule has 0 atom stereocenters. The molecule has 8 nitrogen and oxygen atoms in total. The first-order chi connectivity index (χ1) is 13.3. The zero-order valence-electron chi connectivity index (χ0n) is 15.6. The van der Waals surface area contributed by atoms with Gasteiger partial charge in [0.2, 0.25) is 0 Å². The minimum absolute atomic E-state index is 0.0191. The number of non-ortho nitro benzene ring substituents is 1. The highest BCUT2D eigenvalue weighted by atomic mass is 32.1. The van der Waals surface area contributed by atoms with Crippen molar-refractivity contribution in [2.45, 2.75) is 20.3 Å². The number of ether oxygens (including phenoxy) is 1. The van der Waals surface area contributed by atoms with Gasteiger partial charge in [-0.2, -0.15) is 0 Å². The van der Waals surface area contributed by atoms with Crippen LogP contribution >= 0.6 is 12.2 Å². The van der Waals surface area contributed by atoms with Gasteiger partial charge in [0.15, 0.2) is 5.11 Å². The summed E-state index contributed by atoms with van der Waals surface area (Å²) in [5.74, 6) is 0.918. The summed E-state index contributed by atoms with van der Waals surface area (Å²) in [6.45, 7) is 4.89. The molecule has 1 amide bonds. The number of nitro benzene ring substituents is 1. The van der Waals surface area contributed by atoms with Crippen molar-refractivity contribution in [3.8, 4) is 5.75 Å². The number of hydrazine groups is 1. The molecule has 28 heavy (non-hydrogen) atoms. The van der Waals surface area contributed by atoms with Gasteiger partial charge >= 0.3 is 0 Å². The fourth-order valence-corrected chi connectivity index (χ4v) is 2.30. The molecular formula is C19H22N4O4S. The molecule has 0 fully saturated rings. The van der Waals surface area contributed by atoms with Crippen molar-refractivity contribution in [3.63, 3.8) is 0 Å². The molecule has 0 aliphatic rings. The summed E-state index contributed by atoms with van der Waals surface area (Å²) in [5, 5.41) is 13.6. The summed E-state index contributed by atoms with van der Waals surface area (Å²) in [4.78, 5) is 22.3. The van der Waals surface area contributed by atoms with Crippen LogP contribution in [0, 0.1) is 16.0 Å². The van der Waals surface area contributed by atoms with Crippen molar-refractivity contribution in [2.75, 3.05) is 11.9 Å². The lowest BCUT2D eigenvalue weighted by Gasteiger charge is -2.12. The zero-order chi connectivity index (χ0) is 20.5. The van der Waals surface area contributed by atoms with Gasteiger partial charge in [0.25, 0.3) is 11.6 Å². The van der Waals surface area contributed by atoms with Crippen LogP contribution < -0.4 is 20.9 Å². The van der Waals surface area contributed by atoms with E-state index in [0.29, 0.717) is 29.5 Å². The number of nitrogens with one attached hydrogen (secondary N) is 3. The highest BCUT2D eigenvalue weighted by molar-refractivity contribution is 7.80. The standard InChI is InChI=1S/C19H22N4O4S/c1-13(2)11-12-27-17-9-3-14(4-10-17)18(24)21-22-19(28)20-15-5-7-16(8-6-15)23(25)26/h3-10,13H,11-12H2,1-2H3,(H,21,24)(H2,20,22,28). The van der Waals surface area contributed by atoms with E-state index >= 15 is 0 Å². The summed E-state index contributed by atoms with van der Waals surface area (Å²) < 4.78 is 5.62. The van der Waals surface area contributed by atoms with E-state index in [1.807, 2.05) is 0 Å². The van der Waals surface area contributed by atoms with Crippen molar-refractivity contribution in [3.05, 3.63) is 64.2 Å². The predicted octanol–water partition coefficient (Wildman–Crippen LogP) is 3.65. The Morgan fingerprint density at radius 2 is 1.75 bits per heavy atom. The van der Waals surface area contributed by atoms with Crippen molar-refractivity contribution in [1.29, 1.82) is 0 Å². The molecule has 0 aliphatic heterocycles. The van der Waals surface area contributed by atoms with Gasteiger partial charge in [-0.05, 0) is 61.0 Å². The molecule has 0 aromatic heterocycles. The number of nitrogens with zero attached hydrogens (tertiary/aromatic N) is 1. The van der Waals surface area contributed by atoms with Crippen LogP contribution in [0.1, 0.15) is 30.6 Å². The number of hydrogen-bond donors (Lipinski definition) is 3. The summed E-state index contributed by atoms with van der Waals surface area (Å²) in [6.07, 6.45) is 0.964. The van der Waals surface area contributed by atoms with E-state index in [1.165, 1.54) is 24.3 Å². The molecule has 0 radical (unpaired) electrons. The Bertz CT molecular complexity index is 823. The second-order valence-electron chi connectivity index (χ2n) is 6.39. The number of benzene rings is 2. The molecule has 0 saturated carbocycles. The summed E-state index contributed by atoms with van der Waals surface area (Å²) in [7, 11) is 0. The van der Waals surface area contributed by atoms with Crippen LogP contribution in [0.5, 0.6) is 5.75 Å². The first-order valence-corrected chi connectivity index (χ1v) is 9.10. The second kappa shape index (κ2) is 10.2. The fraction of sp³-hybridized carbons (Fsp3) is 0.263. The maximum Gasteiger partial charge on any atom is 0.269 e. The van der Waals surface area contributed by atoms with Crippen LogP contribution in [0.3, 0.4) is 0 Å². The Balaban J connectivity index is 1.79. The van der Waals surface area contributed by atoms with Crippen LogP contribution in [0.15, 0.2) is 48.5 Å². The Kier molecular flexibility index (Phi) is 7.70. The van der Waals surface area contributed by atoms with Gasteiger partial charge in [0.05, 0.1) is 11.5 Å². The van der Waals surface area contributed by atoms with Gasteiger partial charge in [-0.25, -0.2) is 0 Å². The minimum atomic E-state index is -0.485. The molecule has 3 N–H and O–H groups in total. The van der Waals surface area contributed by atoms with Gasteiger partial charge in [-0.1, -0.05) is 13.8 Å². The Morgan fingerprint density at radius 3 is 2.32 bits per heavy atom. The van der Waals surface area contributed by atoms with Crippen molar-refractivity contribution < 1.29 is 14.5 Å². The Labute approximate surface area is 168 Å². The van der Waals surface area contributed by atoms with E-state index in [1.54, 1.807) is 24.3 Å². The molecule has 0 heterocycles. The van der Waals surface area contributed by atoms with Gasteiger partial charge in [0.1, 0.15) is 5.75 Å². The number of nitro groups is 1. The van der Waals surface area contributed by atoms with Crippen LogP contribution in [-0.4, -0.2) is 22.5 Å². The van der Waals surface area contributed by atoms with E-state index in [4.69, 9.17) is 17.0 Å². The Morgan fingerprint density at radius 1 is 1.11 bits per heavy atom. The van der Waals surface area contributed by atoms with Crippen LogP contribution in [-0.2, 0) is 0 Å². The summed E-state index contributed by atoms with van der Waals surface area (Å²) >= 11 is 5.09. The van der Waals surface area contributed by atoms with Crippen molar-refractivity contribution in [1.82, 2.24) is 10.9 Å². The zero-order valence-corrected chi connectivity index (χ0v) is 16.4. The van der Waals surface area contributed by atoms with Crippen LogP contribution in [0.25, 0.3) is 0 Å².